The Balaban J connectivity index is 1.40. The molecule has 4 aliphatic rings. The first-order chi connectivity index (χ1) is 23.1. The number of allylic oxidation sites excluding steroid dienone is 2. The first-order valence-corrected chi connectivity index (χ1v) is 15.6. The topological polar surface area (TPSA) is 112 Å². The number of alkyl halides is 2. The molecule has 3 aromatic rings. The van der Waals surface area contributed by atoms with Gasteiger partial charge in [0.15, 0.2) is 38.8 Å². The summed E-state index contributed by atoms with van der Waals surface area (Å²) in [7, 11) is 0. The van der Waals surface area contributed by atoms with Gasteiger partial charge in [0, 0.05) is 17.0 Å². The van der Waals surface area contributed by atoms with E-state index in [4.69, 9.17) is 23.2 Å². The fourth-order valence-electron chi connectivity index (χ4n) is 7.74. The van der Waals surface area contributed by atoms with Crippen LogP contribution in [0.3, 0.4) is 0 Å². The van der Waals surface area contributed by atoms with Gasteiger partial charge in [-0.05, 0) is 56.0 Å². The molecule has 2 saturated heterocycles. The summed E-state index contributed by atoms with van der Waals surface area (Å²) in [5.74, 6) is -22.6. The molecule has 3 aromatic carbocycles. The van der Waals surface area contributed by atoms with Gasteiger partial charge in [-0.1, -0.05) is 29.8 Å². The minimum Gasteiger partial charge on any atom is -0.508 e. The van der Waals surface area contributed by atoms with E-state index in [1.807, 2.05) is 0 Å². The van der Waals surface area contributed by atoms with Crippen molar-refractivity contribution in [1.82, 2.24) is 0 Å². The lowest BCUT2D eigenvalue weighted by Crippen LogP contribution is -2.60. The number of halogens is 7. The lowest BCUT2D eigenvalue weighted by atomic mass is 9.56. The Morgan fingerprint density at radius 1 is 0.796 bits per heavy atom. The molecule has 0 unspecified atom stereocenters. The molecule has 0 bridgehead atoms. The smallest absolute Gasteiger partial charge is 0.258 e. The van der Waals surface area contributed by atoms with E-state index < -0.39 is 104 Å². The second kappa shape index (κ2) is 10.9. The number of phenols is 1. The van der Waals surface area contributed by atoms with Crippen molar-refractivity contribution in [2.45, 2.75) is 35.4 Å². The number of para-hydroxylation sites is 1. The highest BCUT2D eigenvalue weighted by atomic mass is 35.5. The molecule has 8 nitrogen and oxygen atoms in total. The molecule has 0 spiro atoms. The number of hydrogen-bond donors (Lipinski definition) is 1. The molecule has 15 heteroatoms. The van der Waals surface area contributed by atoms with Gasteiger partial charge in [-0.15, -0.1) is 23.2 Å². The number of imide groups is 2. The number of fused-ring (bicyclic) bond motifs is 4. The highest BCUT2D eigenvalue weighted by Gasteiger charge is 2.77. The average Bonchev–Trinajstić information content (AvgIpc) is 3.41. The van der Waals surface area contributed by atoms with Crippen LogP contribution in [0.4, 0.5) is 33.3 Å². The number of carbonyl (C=O) groups excluding carboxylic acids is 5. The Morgan fingerprint density at radius 3 is 1.98 bits per heavy atom. The van der Waals surface area contributed by atoms with Crippen molar-refractivity contribution in [3.63, 3.8) is 0 Å². The number of nitrogens with zero attached hydrogens (tertiary/aromatic N) is 2. The molecule has 2 aliphatic carbocycles. The van der Waals surface area contributed by atoms with Crippen LogP contribution in [0.1, 0.15) is 41.6 Å². The zero-order valence-corrected chi connectivity index (χ0v) is 26.5. The number of amides is 4. The minimum absolute atomic E-state index is 0.0705. The van der Waals surface area contributed by atoms with E-state index in [9.17, 15) is 42.3 Å². The van der Waals surface area contributed by atoms with Crippen molar-refractivity contribution in [1.29, 1.82) is 0 Å². The van der Waals surface area contributed by atoms with Gasteiger partial charge < -0.3 is 5.11 Å². The number of ketones is 1. The van der Waals surface area contributed by atoms with Gasteiger partial charge in [-0.3, -0.25) is 28.9 Å². The zero-order valence-electron chi connectivity index (χ0n) is 24.9. The van der Waals surface area contributed by atoms with Crippen LogP contribution >= 0.6 is 23.2 Å². The summed E-state index contributed by atoms with van der Waals surface area (Å²) in [6, 6.07) is 11.1. The lowest BCUT2D eigenvalue weighted by Gasteiger charge is -2.50. The minimum atomic E-state index is -2.74. The number of benzene rings is 3. The molecular formula is C34H21Cl2F5N2O6. The summed E-state index contributed by atoms with van der Waals surface area (Å²) in [5.41, 5.74) is -1.30. The second-order valence-corrected chi connectivity index (χ2v) is 13.6. The Kier molecular flexibility index (Phi) is 7.35. The van der Waals surface area contributed by atoms with E-state index >= 15 is 8.78 Å². The van der Waals surface area contributed by atoms with Gasteiger partial charge in [0.2, 0.25) is 17.6 Å². The van der Waals surface area contributed by atoms with Crippen LogP contribution in [0.5, 0.6) is 5.75 Å². The predicted octanol–water partition coefficient (Wildman–Crippen LogP) is 6.06. The number of aromatic hydroxyl groups is 1. The molecule has 2 aliphatic heterocycles. The SMILES string of the molecule is CC(=O)c1ccc(N2C(=O)[C@H]3[C@H](CC=C4[C@H]3C[C@@]3(Cl)C(=O)N(c5c(F)c(F)c(F)c(F)c5F)C(=O)[C@@]3(Cl)[C@H]4c3ccccc3O)C2=O)cc1. The molecule has 1 N–H and O–H groups in total. The van der Waals surface area contributed by atoms with Crippen molar-refractivity contribution in [2.24, 2.45) is 17.8 Å². The third-order valence-electron chi connectivity index (χ3n) is 10.0. The monoisotopic (exact) mass is 718 g/mol. The first kappa shape index (κ1) is 32.9. The third kappa shape index (κ3) is 4.18. The van der Waals surface area contributed by atoms with Crippen LogP contribution in [0.2, 0.25) is 0 Å². The predicted molar refractivity (Wildman–Crippen MR) is 163 cm³/mol. The van der Waals surface area contributed by atoms with E-state index in [0.29, 0.717) is 5.56 Å². The van der Waals surface area contributed by atoms with Gasteiger partial charge in [0.25, 0.3) is 11.8 Å². The summed E-state index contributed by atoms with van der Waals surface area (Å²) in [6.45, 7) is 1.34. The molecule has 49 heavy (non-hydrogen) atoms. The third-order valence-corrected chi connectivity index (χ3v) is 11.4. The maximum atomic E-state index is 15.1. The number of Topliss-reactive ketones (excluding diaryl/α,β-unsaturated/α-hetero) is 1. The van der Waals surface area contributed by atoms with E-state index in [1.54, 1.807) is 0 Å². The second-order valence-electron chi connectivity index (χ2n) is 12.4. The standard InChI is InChI=1S/C34H21Cl2F5N2O6/c1-13(44)14-6-8-15(9-7-14)42-29(46)18-11-10-16-19(21(18)30(42)47)12-33(35)31(48)43(28-26(40)24(38)23(37)25(39)27(28)41)32(49)34(33,36)22(16)17-4-2-3-5-20(17)45/h2-10,18-19,21-22,45H,11-12H2,1H3/t18-,19+,21-,22+,33+,34-/m0/s1. The number of phenolic OH excluding ortho intramolecular Hbond substituents is 1. The van der Waals surface area contributed by atoms with Crippen LogP contribution in [-0.2, 0) is 19.2 Å². The quantitative estimate of drug-likeness (QED) is 0.0668. The zero-order chi connectivity index (χ0) is 35.5. The molecule has 252 valence electrons. The van der Waals surface area contributed by atoms with Crippen molar-refractivity contribution in [3.05, 3.63) is 100 Å². The molecule has 6 atom stereocenters. The Bertz CT molecular complexity index is 2060. The lowest BCUT2D eigenvalue weighted by molar-refractivity contribution is -0.125. The van der Waals surface area contributed by atoms with Crippen molar-refractivity contribution in [2.75, 3.05) is 9.80 Å². The molecule has 1 saturated carbocycles. The maximum absolute atomic E-state index is 15.1. The van der Waals surface area contributed by atoms with E-state index in [1.165, 1.54) is 61.5 Å². The van der Waals surface area contributed by atoms with Crippen molar-refractivity contribution < 1.29 is 51.0 Å². The molecule has 0 aromatic heterocycles. The average molecular weight is 719 g/mol. The van der Waals surface area contributed by atoms with Gasteiger partial charge >= 0.3 is 0 Å². The molecule has 0 radical (unpaired) electrons. The molecule has 3 fully saturated rings. The Labute approximate surface area is 283 Å². The van der Waals surface area contributed by atoms with Crippen LogP contribution < -0.4 is 9.80 Å². The summed E-state index contributed by atoms with van der Waals surface area (Å²) in [4.78, 5) is 63.3. The van der Waals surface area contributed by atoms with Crippen LogP contribution in [0, 0.1) is 46.8 Å². The maximum Gasteiger partial charge on any atom is 0.258 e. The van der Waals surface area contributed by atoms with E-state index in [2.05, 4.69) is 0 Å². The molecular weight excluding hydrogens is 698 g/mol. The van der Waals surface area contributed by atoms with E-state index in [-0.39, 0.29) is 33.9 Å². The summed E-state index contributed by atoms with van der Waals surface area (Å²) in [6.07, 6.45) is 0.774. The van der Waals surface area contributed by atoms with Crippen LogP contribution in [0.15, 0.2) is 60.2 Å². The van der Waals surface area contributed by atoms with Gasteiger partial charge in [0.05, 0.1) is 17.5 Å². The number of hydrogen-bond acceptors (Lipinski definition) is 6. The molecule has 2 heterocycles. The number of rotatable bonds is 4. The fourth-order valence-corrected chi connectivity index (χ4v) is 8.67. The Hall–Kier alpha value is -4.62. The molecule has 4 amide bonds. The Morgan fingerprint density at radius 2 is 1.39 bits per heavy atom. The first-order valence-electron chi connectivity index (χ1n) is 14.8. The number of anilines is 2. The molecule has 7 rings (SSSR count). The normalized spacial score (nSPS) is 29.2. The van der Waals surface area contributed by atoms with Gasteiger partial charge in [-0.2, -0.15) is 0 Å². The number of carbonyl (C=O) groups is 5. The van der Waals surface area contributed by atoms with E-state index in [0.717, 1.165) is 4.90 Å². The highest BCUT2D eigenvalue weighted by molar-refractivity contribution is 6.58. The highest BCUT2D eigenvalue weighted by Crippen LogP contribution is 2.66. The summed E-state index contributed by atoms with van der Waals surface area (Å²) >= 11 is 14.1. The fraction of sp³-hybridized carbons (Fsp3) is 0.265. The van der Waals surface area contributed by atoms with Crippen molar-refractivity contribution >= 4 is 64.0 Å². The van der Waals surface area contributed by atoms with Crippen molar-refractivity contribution in [3.8, 4) is 5.75 Å². The summed E-state index contributed by atoms with van der Waals surface area (Å²) < 4.78 is 73.0. The van der Waals surface area contributed by atoms with Gasteiger partial charge in [-0.25, -0.2) is 26.9 Å². The van der Waals surface area contributed by atoms with Crippen LogP contribution in [0.25, 0.3) is 0 Å². The largest absolute Gasteiger partial charge is 0.508 e. The van der Waals surface area contributed by atoms with Crippen LogP contribution in [-0.4, -0.2) is 44.3 Å². The summed E-state index contributed by atoms with van der Waals surface area (Å²) in [5, 5.41) is 11.0. The van der Waals surface area contributed by atoms with Gasteiger partial charge in [0.1, 0.15) is 11.4 Å².